The number of aryl methyl sites for hydroxylation is 1. The molecule has 1 aromatic heterocycles. The zero-order chi connectivity index (χ0) is 18.0. The zero-order valence-corrected chi connectivity index (χ0v) is 14.4. The molecule has 0 atom stereocenters. The molecule has 1 aromatic carbocycles. The van der Waals surface area contributed by atoms with E-state index in [1.165, 1.54) is 10.7 Å². The highest BCUT2D eigenvalue weighted by Crippen LogP contribution is 2.15. The van der Waals surface area contributed by atoms with Crippen LogP contribution in [0, 0.1) is 0 Å². The molecule has 2 heterocycles. The fourth-order valence-electron chi connectivity index (χ4n) is 2.66. The van der Waals surface area contributed by atoms with Gasteiger partial charge in [0.05, 0.1) is 30.7 Å². The van der Waals surface area contributed by atoms with E-state index < -0.39 is 11.3 Å². The summed E-state index contributed by atoms with van der Waals surface area (Å²) < 4.78 is 6.61. The summed E-state index contributed by atoms with van der Waals surface area (Å²) in [7, 11) is 1.63. The second-order valence-corrected chi connectivity index (χ2v) is 6.08. The van der Waals surface area contributed by atoms with Crippen LogP contribution in [-0.4, -0.2) is 59.3 Å². The summed E-state index contributed by atoms with van der Waals surface area (Å²) in [6.07, 6.45) is 0. The molecule has 2 aromatic rings. The van der Waals surface area contributed by atoms with Crippen LogP contribution in [0.3, 0.4) is 0 Å². The van der Waals surface area contributed by atoms with Crippen molar-refractivity contribution in [1.29, 1.82) is 0 Å². The molecule has 1 aliphatic heterocycles. The number of aromatic nitrogens is 2. The first-order valence-corrected chi connectivity index (χ1v) is 8.15. The van der Waals surface area contributed by atoms with Crippen molar-refractivity contribution >= 4 is 34.3 Å². The van der Waals surface area contributed by atoms with Crippen molar-refractivity contribution in [2.75, 3.05) is 32.8 Å². The Morgan fingerprint density at radius 3 is 2.76 bits per heavy atom. The largest absolute Gasteiger partial charge is 0.378 e. The third-order valence-electron chi connectivity index (χ3n) is 4.00. The molecule has 9 heteroatoms. The van der Waals surface area contributed by atoms with Crippen LogP contribution in [0.25, 0.3) is 10.9 Å². The summed E-state index contributed by atoms with van der Waals surface area (Å²) in [5.74, 6) is -0.915. The van der Waals surface area contributed by atoms with Gasteiger partial charge >= 0.3 is 0 Å². The number of rotatable bonds is 3. The maximum Gasteiger partial charge on any atom is 0.276 e. The van der Waals surface area contributed by atoms with Crippen molar-refractivity contribution in [1.82, 2.24) is 20.0 Å². The third-order valence-corrected chi connectivity index (χ3v) is 4.23. The minimum Gasteiger partial charge on any atom is -0.378 e. The van der Waals surface area contributed by atoms with E-state index in [1.54, 1.807) is 24.1 Å². The molecule has 25 heavy (non-hydrogen) atoms. The highest BCUT2D eigenvalue weighted by molar-refractivity contribution is 6.31. The van der Waals surface area contributed by atoms with Gasteiger partial charge in [0.15, 0.2) is 5.69 Å². The highest BCUT2D eigenvalue weighted by Gasteiger charge is 2.20. The van der Waals surface area contributed by atoms with E-state index in [2.05, 4.69) is 10.4 Å². The Hall–Kier alpha value is -2.45. The second kappa shape index (κ2) is 7.20. The third kappa shape index (κ3) is 3.64. The minimum absolute atomic E-state index is 0.197. The summed E-state index contributed by atoms with van der Waals surface area (Å²) in [5, 5.41) is 7.18. The lowest BCUT2D eigenvalue weighted by molar-refractivity contribution is -0.134. The monoisotopic (exact) mass is 364 g/mol. The molecule has 0 aliphatic carbocycles. The Labute approximate surface area is 148 Å². The molecule has 0 unspecified atom stereocenters. The smallest absolute Gasteiger partial charge is 0.276 e. The van der Waals surface area contributed by atoms with Crippen LogP contribution < -0.4 is 10.7 Å². The van der Waals surface area contributed by atoms with Gasteiger partial charge in [-0.25, -0.2) is 0 Å². The van der Waals surface area contributed by atoms with Crippen molar-refractivity contribution in [3.63, 3.8) is 0 Å². The Morgan fingerprint density at radius 2 is 2.04 bits per heavy atom. The van der Waals surface area contributed by atoms with Gasteiger partial charge in [0.2, 0.25) is 11.3 Å². The quantitative estimate of drug-likeness (QED) is 0.838. The summed E-state index contributed by atoms with van der Waals surface area (Å²) in [5.41, 5.74) is -0.227. The van der Waals surface area contributed by atoms with Crippen LogP contribution in [0.4, 0.5) is 0 Å². The average molecular weight is 365 g/mol. The number of nitrogens with zero attached hydrogens (tertiary/aromatic N) is 3. The summed E-state index contributed by atoms with van der Waals surface area (Å²) >= 11 is 5.93. The summed E-state index contributed by atoms with van der Waals surface area (Å²) in [6.45, 7) is 1.74. The predicted octanol–water partition coefficient (Wildman–Crippen LogP) is 0.176. The van der Waals surface area contributed by atoms with Gasteiger partial charge in [0.1, 0.15) is 0 Å². The molecule has 8 nitrogen and oxygen atoms in total. The molecule has 1 fully saturated rings. The molecule has 3 rings (SSSR count). The first-order chi connectivity index (χ1) is 12.0. The predicted molar refractivity (Wildman–Crippen MR) is 91.7 cm³/mol. The van der Waals surface area contributed by atoms with Crippen LogP contribution in [0.2, 0.25) is 5.02 Å². The Kier molecular flexibility index (Phi) is 5.00. The number of ether oxygens (including phenoxy) is 1. The lowest BCUT2D eigenvalue weighted by Crippen LogP contribution is -2.46. The van der Waals surface area contributed by atoms with E-state index in [1.807, 2.05) is 0 Å². The van der Waals surface area contributed by atoms with Gasteiger partial charge in [-0.05, 0) is 18.2 Å². The van der Waals surface area contributed by atoms with Gasteiger partial charge in [-0.1, -0.05) is 11.6 Å². The fraction of sp³-hybridized carbons (Fsp3) is 0.375. The van der Waals surface area contributed by atoms with E-state index in [4.69, 9.17) is 16.3 Å². The minimum atomic E-state index is -0.691. The van der Waals surface area contributed by atoms with Crippen molar-refractivity contribution in [2.24, 2.45) is 7.05 Å². The normalized spacial score (nSPS) is 14.6. The van der Waals surface area contributed by atoms with Gasteiger partial charge in [-0.15, -0.1) is 0 Å². The molecule has 1 N–H and O–H groups in total. The summed E-state index contributed by atoms with van der Waals surface area (Å²) in [4.78, 5) is 38.5. The standard InChI is InChI=1S/C16H17ClN4O4/c1-20-12-3-2-10(17)8-11(12)15(23)14(19-20)16(24)18-9-13(22)21-4-6-25-7-5-21/h2-3,8H,4-7,9H2,1H3,(H,18,24). The van der Waals surface area contributed by atoms with E-state index in [0.717, 1.165) is 0 Å². The number of carbonyl (C=O) groups excluding carboxylic acids is 2. The molecule has 1 saturated heterocycles. The first kappa shape index (κ1) is 17.4. The number of fused-ring (bicyclic) bond motifs is 1. The number of nitrogens with one attached hydrogen (secondary N) is 1. The van der Waals surface area contributed by atoms with E-state index in [-0.39, 0.29) is 18.1 Å². The Balaban J connectivity index is 1.79. The molecule has 2 amide bonds. The van der Waals surface area contributed by atoms with Crippen molar-refractivity contribution in [3.8, 4) is 0 Å². The first-order valence-electron chi connectivity index (χ1n) is 7.77. The van der Waals surface area contributed by atoms with Crippen LogP contribution in [0.5, 0.6) is 0 Å². The number of hydrogen-bond acceptors (Lipinski definition) is 5. The van der Waals surface area contributed by atoms with Gasteiger partial charge in [-0.2, -0.15) is 5.10 Å². The van der Waals surface area contributed by atoms with Crippen molar-refractivity contribution < 1.29 is 14.3 Å². The maximum absolute atomic E-state index is 12.5. The van der Waals surface area contributed by atoms with Crippen LogP contribution in [-0.2, 0) is 16.6 Å². The van der Waals surface area contributed by atoms with Gasteiger partial charge in [-0.3, -0.25) is 19.1 Å². The Morgan fingerprint density at radius 1 is 1.32 bits per heavy atom. The number of carbonyl (C=O) groups is 2. The van der Waals surface area contributed by atoms with Gasteiger partial charge in [0, 0.05) is 25.2 Å². The van der Waals surface area contributed by atoms with Crippen LogP contribution in [0.1, 0.15) is 10.5 Å². The number of amides is 2. The van der Waals surface area contributed by atoms with E-state index >= 15 is 0 Å². The summed E-state index contributed by atoms with van der Waals surface area (Å²) in [6, 6.07) is 4.80. The fourth-order valence-corrected chi connectivity index (χ4v) is 2.83. The highest BCUT2D eigenvalue weighted by atomic mass is 35.5. The number of halogens is 1. The van der Waals surface area contributed by atoms with E-state index in [9.17, 15) is 14.4 Å². The van der Waals surface area contributed by atoms with Gasteiger partial charge in [0.25, 0.3) is 5.91 Å². The zero-order valence-electron chi connectivity index (χ0n) is 13.6. The van der Waals surface area contributed by atoms with E-state index in [0.29, 0.717) is 42.2 Å². The Bertz CT molecular complexity index is 890. The molecular formula is C16H17ClN4O4. The molecule has 0 saturated carbocycles. The second-order valence-electron chi connectivity index (χ2n) is 5.64. The number of hydrogen-bond donors (Lipinski definition) is 1. The van der Waals surface area contributed by atoms with Crippen LogP contribution in [0.15, 0.2) is 23.0 Å². The number of morpholine rings is 1. The molecular weight excluding hydrogens is 348 g/mol. The lowest BCUT2D eigenvalue weighted by Gasteiger charge is -2.26. The lowest BCUT2D eigenvalue weighted by atomic mass is 10.2. The van der Waals surface area contributed by atoms with Crippen molar-refractivity contribution in [2.45, 2.75) is 0 Å². The molecule has 1 aliphatic rings. The average Bonchev–Trinajstić information content (AvgIpc) is 2.63. The van der Waals surface area contributed by atoms with Gasteiger partial charge < -0.3 is 15.0 Å². The molecule has 132 valence electrons. The molecule has 0 radical (unpaired) electrons. The number of benzene rings is 1. The molecule has 0 spiro atoms. The maximum atomic E-state index is 12.5. The topological polar surface area (TPSA) is 93.5 Å². The molecule has 0 bridgehead atoms. The van der Waals surface area contributed by atoms with Crippen LogP contribution >= 0.6 is 11.6 Å². The van der Waals surface area contributed by atoms with Crippen molar-refractivity contribution in [3.05, 3.63) is 39.1 Å². The SMILES string of the molecule is Cn1nc(C(=O)NCC(=O)N2CCOCC2)c(=O)c2cc(Cl)ccc21.